The Kier molecular flexibility index (Phi) is 4.39. The van der Waals surface area contributed by atoms with E-state index in [0.717, 1.165) is 38.4 Å². The number of pyridine rings is 1. The number of nitrogens with one attached hydrogen (secondary N) is 2. The van der Waals surface area contributed by atoms with Gasteiger partial charge in [0.2, 0.25) is 0 Å². The highest BCUT2D eigenvalue weighted by Gasteiger charge is 2.23. The maximum Gasteiger partial charge on any atom is 0.253 e. The van der Waals surface area contributed by atoms with Crippen molar-refractivity contribution >= 4 is 11.7 Å². The van der Waals surface area contributed by atoms with Crippen LogP contribution in [-0.4, -0.2) is 43.1 Å². The molecule has 2 saturated heterocycles. The van der Waals surface area contributed by atoms with Gasteiger partial charge in [-0.25, -0.2) is 4.98 Å². The third kappa shape index (κ3) is 3.35. The lowest BCUT2D eigenvalue weighted by atomic mass is 9.95. The Morgan fingerprint density at radius 1 is 1.38 bits per heavy atom. The van der Waals surface area contributed by atoms with Crippen molar-refractivity contribution < 1.29 is 4.79 Å². The quantitative estimate of drug-likeness (QED) is 0.883. The first-order valence-electron chi connectivity index (χ1n) is 7.96. The molecule has 5 nitrogen and oxygen atoms in total. The summed E-state index contributed by atoms with van der Waals surface area (Å²) in [7, 11) is 0. The minimum absolute atomic E-state index is 0.00535. The first-order valence-corrected chi connectivity index (χ1v) is 7.96. The molecule has 1 aromatic heterocycles. The summed E-state index contributed by atoms with van der Waals surface area (Å²) in [5, 5.41) is 6.49. The lowest BCUT2D eigenvalue weighted by molar-refractivity contribution is 0.0914. The molecule has 0 bridgehead atoms. The fourth-order valence-corrected chi connectivity index (χ4v) is 3.13. The van der Waals surface area contributed by atoms with Gasteiger partial charge in [0.05, 0.1) is 5.56 Å². The molecule has 5 heteroatoms. The van der Waals surface area contributed by atoms with E-state index >= 15 is 0 Å². The SMILES string of the molecule is CC1CNCCC1NC(=O)c1ccc(N2CCCC2)nc1. The summed E-state index contributed by atoms with van der Waals surface area (Å²) in [6, 6.07) is 4.12. The third-order valence-electron chi connectivity index (χ3n) is 4.54. The summed E-state index contributed by atoms with van der Waals surface area (Å²) < 4.78 is 0. The number of piperidine rings is 1. The number of aromatic nitrogens is 1. The number of nitrogens with zero attached hydrogens (tertiary/aromatic N) is 2. The van der Waals surface area contributed by atoms with Gasteiger partial charge in [0, 0.05) is 25.3 Å². The smallest absolute Gasteiger partial charge is 0.253 e. The number of rotatable bonds is 3. The first-order chi connectivity index (χ1) is 10.2. The van der Waals surface area contributed by atoms with Crippen molar-refractivity contribution in [2.45, 2.75) is 32.2 Å². The minimum Gasteiger partial charge on any atom is -0.357 e. The largest absolute Gasteiger partial charge is 0.357 e. The zero-order valence-electron chi connectivity index (χ0n) is 12.6. The molecule has 0 radical (unpaired) electrons. The topological polar surface area (TPSA) is 57.3 Å². The van der Waals surface area contributed by atoms with E-state index in [4.69, 9.17) is 0 Å². The van der Waals surface area contributed by atoms with Gasteiger partial charge in [0.1, 0.15) is 5.82 Å². The van der Waals surface area contributed by atoms with E-state index in [1.165, 1.54) is 12.8 Å². The maximum absolute atomic E-state index is 12.3. The zero-order chi connectivity index (χ0) is 14.7. The van der Waals surface area contributed by atoms with Crippen molar-refractivity contribution in [3.63, 3.8) is 0 Å². The molecule has 0 aliphatic carbocycles. The summed E-state index contributed by atoms with van der Waals surface area (Å²) in [4.78, 5) is 19.0. The summed E-state index contributed by atoms with van der Waals surface area (Å²) in [6.45, 7) is 6.26. The molecule has 2 fully saturated rings. The fourth-order valence-electron chi connectivity index (χ4n) is 3.13. The molecule has 3 rings (SSSR count). The second-order valence-electron chi connectivity index (χ2n) is 6.15. The monoisotopic (exact) mass is 288 g/mol. The number of hydrogen-bond acceptors (Lipinski definition) is 4. The lowest BCUT2D eigenvalue weighted by Gasteiger charge is -2.30. The first kappa shape index (κ1) is 14.3. The molecule has 2 aliphatic heterocycles. The fraction of sp³-hybridized carbons (Fsp3) is 0.625. The van der Waals surface area contributed by atoms with Crippen LogP contribution in [0.1, 0.15) is 36.5 Å². The molecule has 2 aliphatic rings. The van der Waals surface area contributed by atoms with Gasteiger partial charge in [0.25, 0.3) is 5.91 Å². The van der Waals surface area contributed by atoms with Crippen molar-refractivity contribution in [1.82, 2.24) is 15.6 Å². The number of anilines is 1. The molecule has 2 N–H and O–H groups in total. The Hall–Kier alpha value is -1.62. The zero-order valence-corrected chi connectivity index (χ0v) is 12.6. The second kappa shape index (κ2) is 6.43. The van der Waals surface area contributed by atoms with E-state index in [-0.39, 0.29) is 11.9 Å². The van der Waals surface area contributed by atoms with Crippen molar-refractivity contribution in [3.05, 3.63) is 23.9 Å². The van der Waals surface area contributed by atoms with Crippen LogP contribution in [0.5, 0.6) is 0 Å². The van der Waals surface area contributed by atoms with E-state index in [1.54, 1.807) is 6.20 Å². The molecular formula is C16H24N4O. The Balaban J connectivity index is 1.61. The van der Waals surface area contributed by atoms with Crippen LogP contribution < -0.4 is 15.5 Å². The van der Waals surface area contributed by atoms with Crippen LogP contribution in [0.2, 0.25) is 0 Å². The van der Waals surface area contributed by atoms with Crippen LogP contribution >= 0.6 is 0 Å². The van der Waals surface area contributed by atoms with Crippen LogP contribution in [0.25, 0.3) is 0 Å². The summed E-state index contributed by atoms with van der Waals surface area (Å²) in [5.41, 5.74) is 0.656. The number of carbonyl (C=O) groups is 1. The van der Waals surface area contributed by atoms with E-state index in [1.807, 2.05) is 12.1 Å². The van der Waals surface area contributed by atoms with Gasteiger partial charge in [-0.15, -0.1) is 0 Å². The number of carbonyl (C=O) groups excluding carboxylic acids is 1. The molecule has 0 aromatic carbocycles. The minimum atomic E-state index is -0.00535. The molecule has 2 atom stereocenters. The predicted octanol–water partition coefficient (Wildman–Crippen LogP) is 1.41. The average Bonchev–Trinajstić information content (AvgIpc) is 3.04. The Morgan fingerprint density at radius 3 is 2.86 bits per heavy atom. The van der Waals surface area contributed by atoms with Gasteiger partial charge in [-0.1, -0.05) is 6.92 Å². The van der Waals surface area contributed by atoms with Crippen molar-refractivity contribution in [2.24, 2.45) is 5.92 Å². The van der Waals surface area contributed by atoms with Crippen LogP contribution in [0, 0.1) is 5.92 Å². The summed E-state index contributed by atoms with van der Waals surface area (Å²) in [5.74, 6) is 1.45. The summed E-state index contributed by atoms with van der Waals surface area (Å²) >= 11 is 0. The van der Waals surface area contributed by atoms with Gasteiger partial charge in [-0.3, -0.25) is 4.79 Å². The van der Waals surface area contributed by atoms with Gasteiger partial charge in [-0.2, -0.15) is 0 Å². The molecule has 1 amide bonds. The molecule has 114 valence electrons. The highest BCUT2D eigenvalue weighted by Crippen LogP contribution is 2.18. The Bertz CT molecular complexity index is 482. The third-order valence-corrected chi connectivity index (χ3v) is 4.54. The van der Waals surface area contributed by atoms with E-state index in [2.05, 4.69) is 27.4 Å². The number of amides is 1. The Labute approximate surface area is 126 Å². The van der Waals surface area contributed by atoms with E-state index < -0.39 is 0 Å². The molecule has 2 unspecified atom stereocenters. The van der Waals surface area contributed by atoms with E-state index in [0.29, 0.717) is 11.5 Å². The van der Waals surface area contributed by atoms with Crippen LogP contribution in [0.3, 0.4) is 0 Å². The Morgan fingerprint density at radius 2 is 2.19 bits per heavy atom. The highest BCUT2D eigenvalue weighted by molar-refractivity contribution is 5.94. The standard InChI is InChI=1S/C16H24N4O/c1-12-10-17-7-6-14(12)19-16(21)13-4-5-15(18-11-13)20-8-2-3-9-20/h4-5,11-12,14,17H,2-3,6-10H2,1H3,(H,19,21). The molecule has 3 heterocycles. The van der Waals surface area contributed by atoms with E-state index in [9.17, 15) is 4.79 Å². The van der Waals surface area contributed by atoms with Crippen LogP contribution in [0.4, 0.5) is 5.82 Å². The van der Waals surface area contributed by atoms with Gasteiger partial charge < -0.3 is 15.5 Å². The maximum atomic E-state index is 12.3. The molecule has 0 spiro atoms. The average molecular weight is 288 g/mol. The van der Waals surface area contributed by atoms with Gasteiger partial charge >= 0.3 is 0 Å². The number of hydrogen-bond donors (Lipinski definition) is 2. The van der Waals surface area contributed by atoms with Gasteiger partial charge in [0.15, 0.2) is 0 Å². The van der Waals surface area contributed by atoms with Crippen LogP contribution in [0.15, 0.2) is 18.3 Å². The van der Waals surface area contributed by atoms with Gasteiger partial charge in [-0.05, 0) is 50.4 Å². The van der Waals surface area contributed by atoms with Crippen LogP contribution in [-0.2, 0) is 0 Å². The molecule has 0 saturated carbocycles. The molecule has 1 aromatic rings. The lowest BCUT2D eigenvalue weighted by Crippen LogP contribution is -2.48. The molecule has 21 heavy (non-hydrogen) atoms. The van der Waals surface area contributed by atoms with Crippen molar-refractivity contribution in [3.8, 4) is 0 Å². The molecular weight excluding hydrogens is 264 g/mol. The second-order valence-corrected chi connectivity index (χ2v) is 6.15. The normalized spacial score (nSPS) is 25.9. The summed E-state index contributed by atoms with van der Waals surface area (Å²) in [6.07, 6.45) is 5.16. The van der Waals surface area contributed by atoms with Crippen molar-refractivity contribution in [1.29, 1.82) is 0 Å². The highest BCUT2D eigenvalue weighted by atomic mass is 16.1. The predicted molar refractivity (Wildman–Crippen MR) is 83.6 cm³/mol. The van der Waals surface area contributed by atoms with Crippen molar-refractivity contribution in [2.75, 3.05) is 31.1 Å².